The van der Waals surface area contributed by atoms with E-state index in [9.17, 15) is 9.59 Å². The summed E-state index contributed by atoms with van der Waals surface area (Å²) in [7, 11) is 0. The number of carbonyl (C=O) groups is 2. The highest BCUT2D eigenvalue weighted by molar-refractivity contribution is 9.10. The first-order chi connectivity index (χ1) is 10.1. The SMILES string of the molecule is O=C(NC1CCN(C(=O)C2CC2)CC1)c1ccc(Br)cc1. The molecule has 2 aliphatic rings. The third-order valence-electron chi connectivity index (χ3n) is 4.17. The maximum Gasteiger partial charge on any atom is 0.251 e. The van der Waals surface area contributed by atoms with E-state index in [-0.39, 0.29) is 11.9 Å². The van der Waals surface area contributed by atoms with Crippen molar-refractivity contribution >= 4 is 27.7 Å². The molecule has 112 valence electrons. The van der Waals surface area contributed by atoms with Crippen molar-refractivity contribution in [3.8, 4) is 0 Å². The highest BCUT2D eigenvalue weighted by Gasteiger charge is 2.35. The summed E-state index contributed by atoms with van der Waals surface area (Å²) >= 11 is 3.36. The molecule has 1 aliphatic heterocycles. The highest BCUT2D eigenvalue weighted by Crippen LogP contribution is 2.31. The number of piperidine rings is 1. The molecule has 1 saturated carbocycles. The Labute approximate surface area is 133 Å². The maximum atomic E-state index is 12.2. The topological polar surface area (TPSA) is 49.4 Å². The van der Waals surface area contributed by atoms with Crippen LogP contribution in [0.4, 0.5) is 0 Å². The van der Waals surface area contributed by atoms with Crippen LogP contribution < -0.4 is 5.32 Å². The van der Waals surface area contributed by atoms with Crippen LogP contribution in [0.2, 0.25) is 0 Å². The van der Waals surface area contributed by atoms with Gasteiger partial charge >= 0.3 is 0 Å². The van der Waals surface area contributed by atoms with Crippen molar-refractivity contribution in [1.29, 1.82) is 0 Å². The molecule has 0 radical (unpaired) electrons. The van der Waals surface area contributed by atoms with Gasteiger partial charge in [0.05, 0.1) is 0 Å². The number of nitrogens with zero attached hydrogens (tertiary/aromatic N) is 1. The number of halogens is 1. The van der Waals surface area contributed by atoms with Gasteiger partial charge < -0.3 is 10.2 Å². The van der Waals surface area contributed by atoms with E-state index in [1.165, 1.54) is 0 Å². The summed E-state index contributed by atoms with van der Waals surface area (Å²) in [5.74, 6) is 0.570. The zero-order chi connectivity index (χ0) is 14.8. The molecule has 1 aromatic carbocycles. The van der Waals surface area contributed by atoms with Gasteiger partial charge in [0.25, 0.3) is 5.91 Å². The van der Waals surface area contributed by atoms with Crippen LogP contribution in [0.5, 0.6) is 0 Å². The summed E-state index contributed by atoms with van der Waals surface area (Å²) in [6.45, 7) is 1.53. The molecular weight excluding hydrogens is 332 g/mol. The third kappa shape index (κ3) is 3.64. The van der Waals surface area contributed by atoms with Crippen molar-refractivity contribution in [1.82, 2.24) is 10.2 Å². The second-order valence-corrected chi connectivity index (χ2v) is 6.77. The molecule has 4 nitrogen and oxygen atoms in total. The molecule has 3 rings (SSSR count). The average molecular weight is 351 g/mol. The first-order valence-electron chi connectivity index (χ1n) is 7.49. The van der Waals surface area contributed by atoms with E-state index < -0.39 is 0 Å². The van der Waals surface area contributed by atoms with E-state index in [0.29, 0.717) is 17.4 Å². The number of hydrogen-bond acceptors (Lipinski definition) is 2. The standard InChI is InChI=1S/C16H19BrN2O2/c17-13-5-3-11(4-6-13)15(20)18-14-7-9-19(10-8-14)16(21)12-1-2-12/h3-6,12,14H,1-2,7-10H2,(H,18,20). The molecule has 0 atom stereocenters. The Bertz CT molecular complexity index is 532. The zero-order valence-corrected chi connectivity index (χ0v) is 13.4. The lowest BCUT2D eigenvalue weighted by atomic mass is 10.0. The predicted molar refractivity (Wildman–Crippen MR) is 83.9 cm³/mol. The molecule has 0 aromatic heterocycles. The van der Waals surface area contributed by atoms with Gasteiger partial charge in [0, 0.05) is 35.1 Å². The van der Waals surface area contributed by atoms with E-state index in [2.05, 4.69) is 21.2 Å². The normalized spacial score (nSPS) is 19.4. The Kier molecular flexibility index (Phi) is 4.29. The third-order valence-corrected chi connectivity index (χ3v) is 4.70. The number of amides is 2. The van der Waals surface area contributed by atoms with Gasteiger partial charge in [-0.2, -0.15) is 0 Å². The van der Waals surface area contributed by atoms with E-state index in [1.54, 1.807) is 0 Å². The van der Waals surface area contributed by atoms with Crippen LogP contribution in [0, 0.1) is 5.92 Å². The van der Waals surface area contributed by atoms with Gasteiger partial charge in [-0.15, -0.1) is 0 Å². The monoisotopic (exact) mass is 350 g/mol. The van der Waals surface area contributed by atoms with Crippen molar-refractivity contribution in [2.24, 2.45) is 5.92 Å². The van der Waals surface area contributed by atoms with Crippen molar-refractivity contribution in [2.75, 3.05) is 13.1 Å². The van der Waals surface area contributed by atoms with Crippen LogP contribution in [-0.4, -0.2) is 35.8 Å². The van der Waals surface area contributed by atoms with Gasteiger partial charge in [0.2, 0.25) is 5.91 Å². The summed E-state index contributed by atoms with van der Waals surface area (Å²) in [5, 5.41) is 3.07. The van der Waals surface area contributed by atoms with E-state index >= 15 is 0 Å². The molecule has 1 aliphatic carbocycles. The Morgan fingerprint density at radius 3 is 2.24 bits per heavy atom. The van der Waals surface area contributed by atoms with E-state index in [4.69, 9.17) is 0 Å². The van der Waals surface area contributed by atoms with Crippen molar-refractivity contribution in [2.45, 2.75) is 31.7 Å². The summed E-state index contributed by atoms with van der Waals surface area (Å²) in [6.07, 6.45) is 3.81. The fourth-order valence-electron chi connectivity index (χ4n) is 2.70. The van der Waals surface area contributed by atoms with Crippen LogP contribution in [0.1, 0.15) is 36.0 Å². The maximum absolute atomic E-state index is 12.2. The van der Waals surface area contributed by atoms with Gasteiger partial charge in [-0.05, 0) is 49.9 Å². The first kappa shape index (κ1) is 14.6. The van der Waals surface area contributed by atoms with Crippen molar-refractivity contribution in [3.63, 3.8) is 0 Å². The van der Waals surface area contributed by atoms with E-state index in [0.717, 1.165) is 43.2 Å². The molecule has 0 bridgehead atoms. The Morgan fingerprint density at radius 2 is 1.67 bits per heavy atom. The summed E-state index contributed by atoms with van der Waals surface area (Å²) in [6, 6.07) is 7.53. The van der Waals surface area contributed by atoms with Crippen LogP contribution in [0.25, 0.3) is 0 Å². The highest BCUT2D eigenvalue weighted by atomic mass is 79.9. The number of benzene rings is 1. The fraction of sp³-hybridized carbons (Fsp3) is 0.500. The molecular formula is C16H19BrN2O2. The van der Waals surface area contributed by atoms with Gasteiger partial charge in [-0.25, -0.2) is 0 Å². The average Bonchev–Trinajstić information content (AvgIpc) is 3.32. The molecule has 1 N–H and O–H groups in total. The fourth-order valence-corrected chi connectivity index (χ4v) is 2.97. The lowest BCUT2D eigenvalue weighted by Gasteiger charge is -2.32. The number of hydrogen-bond donors (Lipinski definition) is 1. The van der Waals surface area contributed by atoms with Gasteiger partial charge in [-0.3, -0.25) is 9.59 Å². The Hall–Kier alpha value is -1.36. The number of likely N-dealkylation sites (tertiary alicyclic amines) is 1. The Balaban J connectivity index is 1.49. The Morgan fingerprint density at radius 1 is 1.05 bits per heavy atom. The minimum absolute atomic E-state index is 0.0329. The van der Waals surface area contributed by atoms with Gasteiger partial charge in [-0.1, -0.05) is 15.9 Å². The molecule has 0 unspecified atom stereocenters. The number of carbonyl (C=O) groups excluding carboxylic acids is 2. The second kappa shape index (κ2) is 6.18. The molecule has 5 heteroatoms. The number of nitrogens with one attached hydrogen (secondary N) is 1. The molecule has 2 fully saturated rings. The summed E-state index contributed by atoms with van der Waals surface area (Å²) in [4.78, 5) is 26.1. The van der Waals surface area contributed by atoms with Crippen LogP contribution in [0.15, 0.2) is 28.7 Å². The van der Waals surface area contributed by atoms with Gasteiger partial charge in [0.15, 0.2) is 0 Å². The van der Waals surface area contributed by atoms with Crippen LogP contribution >= 0.6 is 15.9 Å². The second-order valence-electron chi connectivity index (χ2n) is 5.85. The molecule has 1 aromatic rings. The summed E-state index contributed by atoms with van der Waals surface area (Å²) in [5.41, 5.74) is 0.676. The minimum atomic E-state index is -0.0329. The van der Waals surface area contributed by atoms with Gasteiger partial charge in [0.1, 0.15) is 0 Å². The lowest BCUT2D eigenvalue weighted by molar-refractivity contribution is -0.133. The predicted octanol–water partition coefficient (Wildman–Crippen LogP) is 2.58. The largest absolute Gasteiger partial charge is 0.349 e. The lowest BCUT2D eigenvalue weighted by Crippen LogP contribution is -2.47. The number of rotatable bonds is 3. The quantitative estimate of drug-likeness (QED) is 0.910. The molecule has 2 amide bonds. The summed E-state index contributed by atoms with van der Waals surface area (Å²) < 4.78 is 0.964. The molecule has 21 heavy (non-hydrogen) atoms. The smallest absolute Gasteiger partial charge is 0.251 e. The molecule has 1 saturated heterocycles. The van der Waals surface area contributed by atoms with Crippen LogP contribution in [-0.2, 0) is 4.79 Å². The zero-order valence-electron chi connectivity index (χ0n) is 11.8. The molecule has 1 heterocycles. The van der Waals surface area contributed by atoms with Crippen molar-refractivity contribution in [3.05, 3.63) is 34.3 Å². The van der Waals surface area contributed by atoms with E-state index in [1.807, 2.05) is 29.2 Å². The molecule has 0 spiro atoms. The van der Waals surface area contributed by atoms with Crippen LogP contribution in [0.3, 0.4) is 0 Å². The first-order valence-corrected chi connectivity index (χ1v) is 8.28. The minimum Gasteiger partial charge on any atom is -0.349 e. The van der Waals surface area contributed by atoms with Crippen molar-refractivity contribution < 1.29 is 9.59 Å².